The van der Waals surface area contributed by atoms with E-state index in [9.17, 15) is 0 Å². The SMILES string of the molecule is Cc1cccc2cnn(CC3CCNC3)c12. The van der Waals surface area contributed by atoms with Crippen LogP contribution in [0.5, 0.6) is 0 Å². The van der Waals surface area contributed by atoms with E-state index < -0.39 is 0 Å². The van der Waals surface area contributed by atoms with Crippen LogP contribution in [-0.2, 0) is 6.54 Å². The second kappa shape index (κ2) is 3.91. The van der Waals surface area contributed by atoms with Crippen molar-refractivity contribution in [2.45, 2.75) is 19.9 Å². The molecule has 0 radical (unpaired) electrons. The summed E-state index contributed by atoms with van der Waals surface area (Å²) in [6, 6.07) is 6.40. The summed E-state index contributed by atoms with van der Waals surface area (Å²) in [4.78, 5) is 0. The number of aryl methyl sites for hydroxylation is 1. The van der Waals surface area contributed by atoms with E-state index in [1.54, 1.807) is 0 Å². The van der Waals surface area contributed by atoms with Crippen LogP contribution >= 0.6 is 0 Å². The van der Waals surface area contributed by atoms with Gasteiger partial charge in [-0.05, 0) is 37.9 Å². The number of nitrogens with one attached hydrogen (secondary N) is 1. The second-order valence-electron chi connectivity index (χ2n) is 4.70. The van der Waals surface area contributed by atoms with E-state index >= 15 is 0 Å². The van der Waals surface area contributed by atoms with Crippen molar-refractivity contribution >= 4 is 10.9 Å². The normalized spacial score (nSPS) is 20.7. The molecular weight excluding hydrogens is 198 g/mol. The van der Waals surface area contributed by atoms with Gasteiger partial charge in [0.05, 0.1) is 11.7 Å². The van der Waals surface area contributed by atoms with Crippen LogP contribution in [0.3, 0.4) is 0 Å². The maximum absolute atomic E-state index is 4.51. The van der Waals surface area contributed by atoms with Crippen molar-refractivity contribution in [1.29, 1.82) is 0 Å². The molecule has 0 saturated carbocycles. The summed E-state index contributed by atoms with van der Waals surface area (Å²) in [6.45, 7) is 5.49. The zero-order valence-corrected chi connectivity index (χ0v) is 9.61. The Balaban J connectivity index is 1.97. The Kier molecular flexibility index (Phi) is 2.40. The molecule has 84 valence electrons. The van der Waals surface area contributed by atoms with E-state index in [4.69, 9.17) is 0 Å². The molecule has 3 heteroatoms. The molecule has 0 bridgehead atoms. The Morgan fingerprint density at radius 2 is 2.44 bits per heavy atom. The molecule has 1 aliphatic rings. The van der Waals surface area contributed by atoms with Gasteiger partial charge in [0.15, 0.2) is 0 Å². The second-order valence-corrected chi connectivity index (χ2v) is 4.70. The van der Waals surface area contributed by atoms with Crippen LogP contribution in [0.25, 0.3) is 10.9 Å². The minimum atomic E-state index is 0.739. The number of hydrogen-bond acceptors (Lipinski definition) is 2. The topological polar surface area (TPSA) is 29.9 Å². The number of fused-ring (bicyclic) bond motifs is 1. The van der Waals surface area contributed by atoms with Crippen LogP contribution in [-0.4, -0.2) is 22.9 Å². The minimum Gasteiger partial charge on any atom is -0.316 e. The van der Waals surface area contributed by atoms with Crippen molar-refractivity contribution < 1.29 is 0 Å². The fourth-order valence-electron chi connectivity index (χ4n) is 2.58. The maximum atomic E-state index is 4.51. The third-order valence-electron chi connectivity index (χ3n) is 3.46. The van der Waals surface area contributed by atoms with Crippen LogP contribution < -0.4 is 5.32 Å². The molecule has 2 heterocycles. The van der Waals surface area contributed by atoms with Crippen molar-refractivity contribution in [3.05, 3.63) is 30.0 Å². The average molecular weight is 215 g/mol. The first-order valence-corrected chi connectivity index (χ1v) is 5.96. The standard InChI is InChI=1S/C13H17N3/c1-10-3-2-4-12-8-15-16(13(10)12)9-11-5-6-14-7-11/h2-4,8,11,14H,5-7,9H2,1H3. The molecule has 1 unspecified atom stereocenters. The van der Waals surface area contributed by atoms with E-state index in [2.05, 4.69) is 40.2 Å². The Morgan fingerprint density at radius 3 is 3.25 bits per heavy atom. The van der Waals surface area contributed by atoms with Gasteiger partial charge in [-0.25, -0.2) is 0 Å². The van der Waals surface area contributed by atoms with Gasteiger partial charge in [-0.15, -0.1) is 0 Å². The van der Waals surface area contributed by atoms with Crippen molar-refractivity contribution in [2.24, 2.45) is 5.92 Å². The molecule has 3 nitrogen and oxygen atoms in total. The minimum absolute atomic E-state index is 0.739. The number of rotatable bonds is 2. The highest BCUT2D eigenvalue weighted by atomic mass is 15.3. The fraction of sp³-hybridized carbons (Fsp3) is 0.462. The van der Waals surface area contributed by atoms with Crippen LogP contribution in [0.15, 0.2) is 24.4 Å². The van der Waals surface area contributed by atoms with Gasteiger partial charge in [0.2, 0.25) is 0 Å². The smallest absolute Gasteiger partial charge is 0.0711 e. The van der Waals surface area contributed by atoms with Gasteiger partial charge in [-0.3, -0.25) is 4.68 Å². The van der Waals surface area contributed by atoms with Crippen LogP contribution in [0, 0.1) is 12.8 Å². The summed E-state index contributed by atoms with van der Waals surface area (Å²) in [5, 5.41) is 9.17. The number of hydrogen-bond donors (Lipinski definition) is 1. The highest BCUT2D eigenvalue weighted by molar-refractivity contribution is 5.81. The molecule has 2 aromatic rings. The third kappa shape index (κ3) is 1.61. The largest absolute Gasteiger partial charge is 0.316 e. The van der Waals surface area contributed by atoms with Gasteiger partial charge in [0.25, 0.3) is 0 Å². The van der Waals surface area contributed by atoms with Gasteiger partial charge in [-0.2, -0.15) is 5.10 Å². The lowest BCUT2D eigenvalue weighted by Gasteiger charge is -2.10. The quantitative estimate of drug-likeness (QED) is 0.830. The summed E-state index contributed by atoms with van der Waals surface area (Å²) in [5.74, 6) is 0.739. The van der Waals surface area contributed by atoms with Gasteiger partial charge in [-0.1, -0.05) is 18.2 Å². The molecule has 16 heavy (non-hydrogen) atoms. The molecule has 1 aromatic heterocycles. The molecule has 3 rings (SSSR count). The molecule has 1 atom stereocenters. The first kappa shape index (κ1) is 9.85. The van der Waals surface area contributed by atoms with E-state index in [0.717, 1.165) is 25.6 Å². The van der Waals surface area contributed by atoms with Gasteiger partial charge in [0, 0.05) is 11.9 Å². The molecular formula is C13H17N3. The van der Waals surface area contributed by atoms with Crippen LogP contribution in [0.1, 0.15) is 12.0 Å². The number of para-hydroxylation sites is 1. The lowest BCUT2D eigenvalue weighted by atomic mass is 10.1. The van der Waals surface area contributed by atoms with Gasteiger partial charge in [0.1, 0.15) is 0 Å². The number of nitrogens with zero attached hydrogens (tertiary/aromatic N) is 2. The maximum Gasteiger partial charge on any atom is 0.0711 e. The summed E-state index contributed by atoms with van der Waals surface area (Å²) in [7, 11) is 0. The molecule has 0 spiro atoms. The molecule has 1 aromatic carbocycles. The molecule has 0 amide bonds. The Bertz CT molecular complexity index is 495. The van der Waals surface area contributed by atoms with Gasteiger partial charge < -0.3 is 5.32 Å². The van der Waals surface area contributed by atoms with E-state index in [0.29, 0.717) is 0 Å². The summed E-state index contributed by atoms with van der Waals surface area (Å²) < 4.78 is 2.17. The monoisotopic (exact) mass is 215 g/mol. The van der Waals surface area contributed by atoms with E-state index in [1.165, 1.54) is 22.9 Å². The van der Waals surface area contributed by atoms with Crippen LogP contribution in [0.2, 0.25) is 0 Å². The number of benzene rings is 1. The lowest BCUT2D eigenvalue weighted by Crippen LogP contribution is -2.15. The zero-order chi connectivity index (χ0) is 11.0. The lowest BCUT2D eigenvalue weighted by molar-refractivity contribution is 0.459. The highest BCUT2D eigenvalue weighted by Gasteiger charge is 2.16. The first-order chi connectivity index (χ1) is 7.84. The molecule has 0 aliphatic carbocycles. The Morgan fingerprint density at radius 1 is 1.50 bits per heavy atom. The molecule has 1 fully saturated rings. The van der Waals surface area contributed by atoms with Crippen molar-refractivity contribution in [3.63, 3.8) is 0 Å². The highest BCUT2D eigenvalue weighted by Crippen LogP contribution is 2.20. The molecule has 1 aliphatic heterocycles. The Hall–Kier alpha value is -1.35. The van der Waals surface area contributed by atoms with Crippen LogP contribution in [0.4, 0.5) is 0 Å². The fourth-order valence-corrected chi connectivity index (χ4v) is 2.58. The first-order valence-electron chi connectivity index (χ1n) is 5.96. The van der Waals surface area contributed by atoms with E-state index in [-0.39, 0.29) is 0 Å². The van der Waals surface area contributed by atoms with E-state index in [1.807, 2.05) is 6.20 Å². The summed E-state index contributed by atoms with van der Waals surface area (Å²) in [6.07, 6.45) is 3.25. The molecule has 1 saturated heterocycles. The van der Waals surface area contributed by atoms with Crippen molar-refractivity contribution in [3.8, 4) is 0 Å². The molecule has 1 N–H and O–H groups in total. The zero-order valence-electron chi connectivity index (χ0n) is 9.61. The van der Waals surface area contributed by atoms with Crippen molar-refractivity contribution in [2.75, 3.05) is 13.1 Å². The van der Waals surface area contributed by atoms with Gasteiger partial charge >= 0.3 is 0 Å². The Labute approximate surface area is 95.5 Å². The summed E-state index contributed by atoms with van der Waals surface area (Å²) in [5.41, 5.74) is 2.62. The summed E-state index contributed by atoms with van der Waals surface area (Å²) >= 11 is 0. The average Bonchev–Trinajstić information content (AvgIpc) is 2.90. The van der Waals surface area contributed by atoms with Crippen molar-refractivity contribution in [1.82, 2.24) is 15.1 Å². The third-order valence-corrected chi connectivity index (χ3v) is 3.46. The predicted octanol–water partition coefficient (Wildman–Crippen LogP) is 1.95. The number of aromatic nitrogens is 2. The predicted molar refractivity (Wildman–Crippen MR) is 65.4 cm³/mol.